The van der Waals surface area contributed by atoms with Crippen molar-refractivity contribution in [1.82, 2.24) is 14.9 Å². The molecule has 9 nitrogen and oxygen atoms in total. The number of nitrogens with zero attached hydrogens (tertiary/aromatic N) is 3. The van der Waals surface area contributed by atoms with Gasteiger partial charge < -0.3 is 19.7 Å². The third-order valence-corrected chi connectivity index (χ3v) is 8.36. The Hall–Kier alpha value is -4.22. The number of sulfonamides is 1. The van der Waals surface area contributed by atoms with Crippen molar-refractivity contribution in [2.75, 3.05) is 43.9 Å². The molecule has 2 heterocycles. The highest BCUT2D eigenvalue weighted by molar-refractivity contribution is 7.92. The molecule has 0 unspecified atom stereocenters. The van der Waals surface area contributed by atoms with Crippen molar-refractivity contribution in [3.63, 3.8) is 0 Å². The third kappa shape index (κ3) is 7.30. The number of nitrogens with one attached hydrogen (secondary N) is 2. The van der Waals surface area contributed by atoms with Gasteiger partial charge in [0.05, 0.1) is 24.3 Å². The minimum absolute atomic E-state index is 0.0309. The van der Waals surface area contributed by atoms with Gasteiger partial charge in [-0.2, -0.15) is 0 Å². The zero-order valence-corrected chi connectivity index (χ0v) is 23.7. The molecule has 3 aromatic carbocycles. The fraction of sp³-hybridized carbons (Fsp3) is 0.267. The lowest BCUT2D eigenvalue weighted by atomic mass is 9.98. The van der Waals surface area contributed by atoms with Gasteiger partial charge in [-0.05, 0) is 106 Å². The fourth-order valence-electron chi connectivity index (χ4n) is 4.55. The first-order valence-electron chi connectivity index (χ1n) is 13.3. The maximum absolute atomic E-state index is 14.0. The van der Waals surface area contributed by atoms with E-state index < -0.39 is 15.8 Å². The molecule has 0 bridgehead atoms. The van der Waals surface area contributed by atoms with Crippen molar-refractivity contribution in [3.8, 4) is 22.8 Å². The van der Waals surface area contributed by atoms with Gasteiger partial charge in [-0.1, -0.05) is 0 Å². The molecule has 0 saturated carbocycles. The van der Waals surface area contributed by atoms with Crippen LogP contribution in [0, 0.1) is 11.7 Å². The summed E-state index contributed by atoms with van der Waals surface area (Å²) < 4.78 is 52.7. The number of rotatable bonds is 10. The average Bonchev–Trinajstić information content (AvgIpc) is 2.98. The lowest BCUT2D eigenvalue weighted by Gasteiger charge is -2.28. The molecule has 0 spiro atoms. The number of benzene rings is 3. The van der Waals surface area contributed by atoms with Gasteiger partial charge in [0, 0.05) is 23.0 Å². The lowest BCUT2D eigenvalue weighted by molar-refractivity contribution is 0.160. The molecule has 1 aromatic heterocycles. The zero-order valence-electron chi connectivity index (χ0n) is 22.9. The van der Waals surface area contributed by atoms with Gasteiger partial charge in [0.1, 0.15) is 17.9 Å². The number of methoxy groups -OCH3 is 1. The number of hydrogen-bond donors (Lipinski definition) is 2. The second-order valence-electron chi connectivity index (χ2n) is 9.97. The largest absolute Gasteiger partial charge is 0.494 e. The van der Waals surface area contributed by atoms with Crippen LogP contribution in [-0.4, -0.2) is 57.1 Å². The molecule has 41 heavy (non-hydrogen) atoms. The van der Waals surface area contributed by atoms with Crippen molar-refractivity contribution in [2.45, 2.75) is 17.7 Å². The molecule has 1 fully saturated rings. The number of halogens is 1. The van der Waals surface area contributed by atoms with E-state index in [0.29, 0.717) is 23.1 Å². The smallest absolute Gasteiger partial charge is 0.262 e. The van der Waals surface area contributed by atoms with Crippen molar-refractivity contribution >= 4 is 27.2 Å². The Morgan fingerprint density at radius 1 is 0.951 bits per heavy atom. The Morgan fingerprint density at radius 3 is 2.34 bits per heavy atom. The fourth-order valence-corrected chi connectivity index (χ4v) is 5.62. The summed E-state index contributed by atoms with van der Waals surface area (Å²) in [6, 6.07) is 19.8. The number of anilines is 3. The van der Waals surface area contributed by atoms with Gasteiger partial charge in [0.15, 0.2) is 11.6 Å². The summed E-state index contributed by atoms with van der Waals surface area (Å²) >= 11 is 0. The van der Waals surface area contributed by atoms with Crippen molar-refractivity contribution in [3.05, 3.63) is 84.9 Å². The molecule has 0 aliphatic carbocycles. The van der Waals surface area contributed by atoms with E-state index in [1.807, 2.05) is 30.3 Å². The minimum Gasteiger partial charge on any atom is -0.494 e. The predicted octanol–water partition coefficient (Wildman–Crippen LogP) is 5.56. The van der Waals surface area contributed by atoms with E-state index in [0.717, 1.165) is 55.6 Å². The monoisotopic (exact) mass is 577 g/mol. The van der Waals surface area contributed by atoms with E-state index in [-0.39, 0.29) is 10.6 Å². The quantitative estimate of drug-likeness (QED) is 0.253. The standard InChI is InChI=1S/C30H32FN5O4S/c1-36-15-13-21(14-16-36)19-40-25-9-3-22(4-10-25)28-18-30(33-20-32-28)34-23-5-7-24(8-6-23)35-41(37,38)26-11-12-29(39-2)27(31)17-26/h3-12,17-18,20-21,35H,13-16,19H2,1-2H3,(H,32,33,34). The highest BCUT2D eigenvalue weighted by atomic mass is 32.2. The zero-order chi connectivity index (χ0) is 28.8. The first-order valence-corrected chi connectivity index (χ1v) is 14.7. The number of hydrogen-bond acceptors (Lipinski definition) is 8. The van der Waals surface area contributed by atoms with Crippen LogP contribution in [0.3, 0.4) is 0 Å². The molecule has 5 rings (SSSR count). The van der Waals surface area contributed by atoms with Crippen molar-refractivity contribution in [2.24, 2.45) is 5.92 Å². The Morgan fingerprint density at radius 2 is 1.66 bits per heavy atom. The molecule has 1 saturated heterocycles. The summed E-state index contributed by atoms with van der Waals surface area (Å²) in [5.74, 6) is 1.23. The van der Waals surface area contributed by atoms with Crippen molar-refractivity contribution in [1.29, 1.82) is 0 Å². The van der Waals surface area contributed by atoms with Crippen LogP contribution in [0.4, 0.5) is 21.6 Å². The van der Waals surface area contributed by atoms with Crippen LogP contribution in [0.15, 0.2) is 84.0 Å². The third-order valence-electron chi connectivity index (χ3n) is 6.98. The summed E-state index contributed by atoms with van der Waals surface area (Å²) in [4.78, 5) is 10.8. The maximum Gasteiger partial charge on any atom is 0.262 e. The molecule has 1 aliphatic rings. The predicted molar refractivity (Wildman–Crippen MR) is 157 cm³/mol. The maximum atomic E-state index is 14.0. The lowest BCUT2D eigenvalue weighted by Crippen LogP contribution is -2.32. The molecule has 2 N–H and O–H groups in total. The Balaban J connectivity index is 1.19. The molecule has 11 heteroatoms. The van der Waals surface area contributed by atoms with E-state index in [1.165, 1.54) is 25.6 Å². The highest BCUT2D eigenvalue weighted by Crippen LogP contribution is 2.26. The van der Waals surface area contributed by atoms with Crippen molar-refractivity contribution < 1.29 is 22.3 Å². The number of likely N-dealkylation sites (tertiary alicyclic amines) is 1. The number of aromatic nitrogens is 2. The minimum atomic E-state index is -3.98. The van der Waals surface area contributed by atoms with Crippen LogP contribution in [0.1, 0.15) is 12.8 Å². The van der Waals surface area contributed by atoms with E-state index >= 15 is 0 Å². The molecule has 0 radical (unpaired) electrons. The van der Waals surface area contributed by atoms with Gasteiger partial charge in [-0.3, -0.25) is 4.72 Å². The topological polar surface area (TPSA) is 106 Å². The van der Waals surface area contributed by atoms with Gasteiger partial charge in [-0.15, -0.1) is 0 Å². The Labute approximate surface area is 239 Å². The molecule has 1 aliphatic heterocycles. The van der Waals surface area contributed by atoms with Crippen LogP contribution >= 0.6 is 0 Å². The van der Waals surface area contributed by atoms with Crippen LogP contribution in [0.5, 0.6) is 11.5 Å². The average molecular weight is 578 g/mol. The second-order valence-corrected chi connectivity index (χ2v) is 11.7. The summed E-state index contributed by atoms with van der Waals surface area (Å²) in [6.45, 7) is 2.97. The Kier molecular flexibility index (Phi) is 8.65. The molecule has 0 amide bonds. The SMILES string of the molecule is COc1ccc(S(=O)(=O)Nc2ccc(Nc3cc(-c4ccc(OCC5CCN(C)CC5)cc4)ncn3)cc2)cc1F. The number of piperidine rings is 1. The van der Waals surface area contributed by atoms with E-state index in [1.54, 1.807) is 24.3 Å². The van der Waals surface area contributed by atoms with Gasteiger partial charge >= 0.3 is 0 Å². The van der Waals surface area contributed by atoms with Crippen LogP contribution in [0.2, 0.25) is 0 Å². The van der Waals surface area contributed by atoms with Gasteiger partial charge in [0.25, 0.3) is 10.0 Å². The summed E-state index contributed by atoms with van der Waals surface area (Å²) in [5.41, 5.74) is 2.71. The van der Waals surface area contributed by atoms with E-state index in [9.17, 15) is 12.8 Å². The highest BCUT2D eigenvalue weighted by Gasteiger charge is 2.18. The van der Waals surface area contributed by atoms with E-state index in [2.05, 4.69) is 32.0 Å². The molecule has 0 atom stereocenters. The summed E-state index contributed by atoms with van der Waals surface area (Å²) in [5, 5.41) is 3.21. The van der Waals surface area contributed by atoms with Crippen LogP contribution in [-0.2, 0) is 10.0 Å². The van der Waals surface area contributed by atoms with Gasteiger partial charge in [0.2, 0.25) is 0 Å². The molecular weight excluding hydrogens is 545 g/mol. The second kappa shape index (κ2) is 12.5. The molecule has 214 valence electrons. The first-order chi connectivity index (χ1) is 19.8. The van der Waals surface area contributed by atoms with Crippen LogP contribution < -0.4 is 19.5 Å². The summed E-state index contributed by atoms with van der Waals surface area (Å²) in [6.07, 6.45) is 3.81. The summed E-state index contributed by atoms with van der Waals surface area (Å²) in [7, 11) is -0.512. The molecular formula is C30H32FN5O4S. The first kappa shape index (κ1) is 28.3. The Bertz CT molecular complexity index is 1580. The van der Waals surface area contributed by atoms with Crippen LogP contribution in [0.25, 0.3) is 11.3 Å². The number of ether oxygens (including phenoxy) is 2. The normalized spacial score (nSPS) is 14.4. The van der Waals surface area contributed by atoms with Gasteiger partial charge in [-0.25, -0.2) is 22.8 Å². The molecule has 4 aromatic rings. The van der Waals surface area contributed by atoms with E-state index in [4.69, 9.17) is 9.47 Å².